The SMILES string of the molecule is COc1ccc2c(c1)CC[C@H]1[C@H]2CCOC12CCCCC2. The molecule has 0 bridgehead atoms. The Morgan fingerprint density at radius 3 is 2.81 bits per heavy atom. The second kappa shape index (κ2) is 5.31. The molecule has 0 unspecified atom stereocenters. The largest absolute Gasteiger partial charge is 0.497 e. The quantitative estimate of drug-likeness (QED) is 0.758. The van der Waals surface area contributed by atoms with Gasteiger partial charge in [-0.25, -0.2) is 0 Å². The Kier molecular flexibility index (Phi) is 3.45. The molecule has 1 spiro atoms. The summed E-state index contributed by atoms with van der Waals surface area (Å²) in [6.07, 6.45) is 10.4. The van der Waals surface area contributed by atoms with Gasteiger partial charge in [-0.15, -0.1) is 0 Å². The number of rotatable bonds is 1. The molecule has 0 radical (unpaired) electrons. The smallest absolute Gasteiger partial charge is 0.119 e. The van der Waals surface area contributed by atoms with E-state index in [1.807, 2.05) is 0 Å². The van der Waals surface area contributed by atoms with Crippen molar-refractivity contribution < 1.29 is 9.47 Å². The van der Waals surface area contributed by atoms with Crippen LogP contribution in [0.15, 0.2) is 18.2 Å². The van der Waals surface area contributed by atoms with Crippen molar-refractivity contribution in [3.63, 3.8) is 0 Å². The summed E-state index contributed by atoms with van der Waals surface area (Å²) < 4.78 is 11.8. The second-order valence-electron chi connectivity index (χ2n) is 7.08. The normalized spacial score (nSPS) is 30.5. The van der Waals surface area contributed by atoms with Crippen LogP contribution < -0.4 is 4.74 Å². The molecule has 0 aromatic heterocycles. The highest BCUT2D eigenvalue weighted by Gasteiger charge is 2.48. The third-order valence-electron chi connectivity index (χ3n) is 6.15. The molecular weight excluding hydrogens is 260 g/mol. The number of aryl methyl sites for hydroxylation is 1. The molecule has 3 aliphatic rings. The van der Waals surface area contributed by atoms with E-state index >= 15 is 0 Å². The topological polar surface area (TPSA) is 18.5 Å². The first-order chi connectivity index (χ1) is 10.3. The van der Waals surface area contributed by atoms with Gasteiger partial charge in [0.05, 0.1) is 12.7 Å². The highest BCUT2D eigenvalue weighted by molar-refractivity contribution is 5.40. The van der Waals surface area contributed by atoms with Crippen molar-refractivity contribution in [2.45, 2.75) is 62.9 Å². The van der Waals surface area contributed by atoms with Crippen LogP contribution in [0.4, 0.5) is 0 Å². The van der Waals surface area contributed by atoms with Crippen LogP contribution in [-0.2, 0) is 11.2 Å². The van der Waals surface area contributed by atoms with Crippen molar-refractivity contribution in [1.29, 1.82) is 0 Å². The Hall–Kier alpha value is -1.02. The van der Waals surface area contributed by atoms with Crippen LogP contribution >= 0.6 is 0 Å². The minimum Gasteiger partial charge on any atom is -0.497 e. The molecule has 1 saturated carbocycles. The lowest BCUT2D eigenvalue weighted by Crippen LogP contribution is -2.50. The highest BCUT2D eigenvalue weighted by Crippen LogP contribution is 2.53. The van der Waals surface area contributed by atoms with E-state index in [1.165, 1.54) is 56.9 Å². The van der Waals surface area contributed by atoms with Crippen LogP contribution in [0.2, 0.25) is 0 Å². The lowest BCUT2D eigenvalue weighted by molar-refractivity contribution is -0.150. The first-order valence-electron chi connectivity index (χ1n) is 8.63. The molecule has 0 amide bonds. The van der Waals surface area contributed by atoms with Gasteiger partial charge in [-0.3, -0.25) is 0 Å². The number of ether oxygens (including phenoxy) is 2. The fraction of sp³-hybridized carbons (Fsp3) is 0.684. The molecule has 1 aromatic rings. The van der Waals surface area contributed by atoms with E-state index < -0.39 is 0 Å². The standard InChI is InChI=1S/C19H26O2/c1-20-15-6-7-16-14(13-15)5-8-18-17(16)9-12-21-19(18)10-3-2-4-11-19/h6-7,13,17-18H,2-5,8-12H2,1H3/t17-,18-/m0/s1. The summed E-state index contributed by atoms with van der Waals surface area (Å²) >= 11 is 0. The van der Waals surface area contributed by atoms with Gasteiger partial charge in [0, 0.05) is 6.61 Å². The number of benzene rings is 1. The summed E-state index contributed by atoms with van der Waals surface area (Å²) in [6.45, 7) is 0.951. The van der Waals surface area contributed by atoms with Gasteiger partial charge in [-0.05, 0) is 67.2 Å². The highest BCUT2D eigenvalue weighted by atomic mass is 16.5. The van der Waals surface area contributed by atoms with Crippen molar-refractivity contribution >= 4 is 0 Å². The van der Waals surface area contributed by atoms with Gasteiger partial charge in [0.2, 0.25) is 0 Å². The van der Waals surface area contributed by atoms with E-state index in [2.05, 4.69) is 18.2 Å². The van der Waals surface area contributed by atoms with Gasteiger partial charge in [0.25, 0.3) is 0 Å². The molecular formula is C19H26O2. The van der Waals surface area contributed by atoms with Crippen molar-refractivity contribution in [1.82, 2.24) is 0 Å². The Morgan fingerprint density at radius 2 is 2.00 bits per heavy atom. The lowest BCUT2D eigenvalue weighted by atomic mass is 9.61. The molecule has 2 aliphatic carbocycles. The minimum atomic E-state index is 0.207. The molecule has 21 heavy (non-hydrogen) atoms. The van der Waals surface area contributed by atoms with E-state index in [0.717, 1.165) is 18.3 Å². The number of hydrogen-bond acceptors (Lipinski definition) is 2. The fourth-order valence-electron chi connectivity index (χ4n) is 5.16. The van der Waals surface area contributed by atoms with Gasteiger partial charge in [0.1, 0.15) is 5.75 Å². The molecule has 1 saturated heterocycles. The van der Waals surface area contributed by atoms with Crippen molar-refractivity contribution in [3.05, 3.63) is 29.3 Å². The number of methoxy groups -OCH3 is 1. The first-order valence-corrected chi connectivity index (χ1v) is 8.63. The maximum atomic E-state index is 6.41. The van der Waals surface area contributed by atoms with E-state index in [-0.39, 0.29) is 5.60 Å². The summed E-state index contributed by atoms with van der Waals surface area (Å²) in [5.41, 5.74) is 3.31. The first kappa shape index (κ1) is 13.6. The number of fused-ring (bicyclic) bond motifs is 4. The van der Waals surface area contributed by atoms with Crippen LogP contribution in [0.25, 0.3) is 0 Å². The minimum absolute atomic E-state index is 0.207. The molecule has 2 nitrogen and oxygen atoms in total. The summed E-state index contributed by atoms with van der Waals surface area (Å²) in [5.74, 6) is 2.46. The Morgan fingerprint density at radius 1 is 1.14 bits per heavy atom. The van der Waals surface area contributed by atoms with Gasteiger partial charge in [-0.1, -0.05) is 25.3 Å². The molecule has 2 heteroatoms. The lowest BCUT2D eigenvalue weighted by Gasteiger charge is -2.52. The van der Waals surface area contributed by atoms with Crippen LogP contribution in [0.3, 0.4) is 0 Å². The van der Waals surface area contributed by atoms with Crippen molar-refractivity contribution in [3.8, 4) is 5.75 Å². The van der Waals surface area contributed by atoms with Crippen LogP contribution in [0, 0.1) is 5.92 Å². The summed E-state index contributed by atoms with van der Waals surface area (Å²) in [4.78, 5) is 0. The molecule has 2 atom stereocenters. The monoisotopic (exact) mass is 286 g/mol. The Bertz CT molecular complexity index is 511. The summed E-state index contributed by atoms with van der Waals surface area (Å²) in [6, 6.07) is 6.73. The average molecular weight is 286 g/mol. The molecule has 1 aromatic carbocycles. The van der Waals surface area contributed by atoms with Gasteiger partial charge < -0.3 is 9.47 Å². The Labute approximate surface area is 127 Å². The fourth-order valence-corrected chi connectivity index (χ4v) is 5.16. The van der Waals surface area contributed by atoms with Gasteiger partial charge in [0.15, 0.2) is 0 Å². The van der Waals surface area contributed by atoms with Gasteiger partial charge >= 0.3 is 0 Å². The molecule has 2 fully saturated rings. The summed E-state index contributed by atoms with van der Waals surface area (Å²) in [5, 5.41) is 0. The predicted octanol–water partition coefficient (Wildman–Crippen LogP) is 4.46. The maximum Gasteiger partial charge on any atom is 0.119 e. The third kappa shape index (κ3) is 2.19. The van der Waals surface area contributed by atoms with Crippen molar-refractivity contribution in [2.24, 2.45) is 5.92 Å². The van der Waals surface area contributed by atoms with E-state index in [9.17, 15) is 0 Å². The zero-order chi connectivity index (χ0) is 14.3. The van der Waals surface area contributed by atoms with Crippen LogP contribution in [0.1, 0.15) is 62.0 Å². The van der Waals surface area contributed by atoms with Gasteiger partial charge in [-0.2, -0.15) is 0 Å². The van der Waals surface area contributed by atoms with Crippen molar-refractivity contribution in [2.75, 3.05) is 13.7 Å². The van der Waals surface area contributed by atoms with E-state index in [0.29, 0.717) is 5.92 Å². The molecule has 114 valence electrons. The third-order valence-corrected chi connectivity index (χ3v) is 6.15. The summed E-state index contributed by atoms with van der Waals surface area (Å²) in [7, 11) is 1.76. The zero-order valence-corrected chi connectivity index (χ0v) is 13.1. The zero-order valence-electron chi connectivity index (χ0n) is 13.1. The molecule has 1 heterocycles. The van der Waals surface area contributed by atoms with Crippen LogP contribution in [-0.4, -0.2) is 19.3 Å². The molecule has 4 rings (SSSR count). The van der Waals surface area contributed by atoms with E-state index in [1.54, 1.807) is 12.7 Å². The number of hydrogen-bond donors (Lipinski definition) is 0. The van der Waals surface area contributed by atoms with E-state index in [4.69, 9.17) is 9.47 Å². The molecule has 1 aliphatic heterocycles. The maximum absolute atomic E-state index is 6.41. The predicted molar refractivity (Wildman–Crippen MR) is 83.9 cm³/mol. The van der Waals surface area contributed by atoms with Crippen LogP contribution in [0.5, 0.6) is 5.75 Å². The molecule has 0 N–H and O–H groups in total. The second-order valence-corrected chi connectivity index (χ2v) is 7.08. The Balaban J connectivity index is 1.68. The average Bonchev–Trinajstić information content (AvgIpc) is 2.55.